The normalized spacial score (nSPS) is 17.8. The maximum absolute atomic E-state index is 12.5. The molecule has 1 aliphatic heterocycles. The molecule has 5 heteroatoms. The zero-order valence-corrected chi connectivity index (χ0v) is 14.7. The molecule has 1 amide bonds. The minimum absolute atomic E-state index is 0.218. The average molecular weight is 344 g/mol. The van der Waals surface area contributed by atoms with Gasteiger partial charge in [-0.25, -0.2) is 0 Å². The molecule has 0 saturated carbocycles. The monoisotopic (exact) mass is 343 g/mol. The molecule has 4 nitrogen and oxygen atoms in total. The van der Waals surface area contributed by atoms with Crippen LogP contribution in [0.15, 0.2) is 36.7 Å². The van der Waals surface area contributed by atoms with Gasteiger partial charge in [0.2, 0.25) is 5.91 Å². The van der Waals surface area contributed by atoms with E-state index in [1.54, 1.807) is 6.20 Å². The van der Waals surface area contributed by atoms with Gasteiger partial charge in [0, 0.05) is 42.8 Å². The Morgan fingerprint density at radius 1 is 1.29 bits per heavy atom. The van der Waals surface area contributed by atoms with E-state index in [4.69, 9.17) is 11.6 Å². The Morgan fingerprint density at radius 2 is 2.08 bits per heavy atom. The fourth-order valence-electron chi connectivity index (χ4n) is 3.19. The van der Waals surface area contributed by atoms with Crippen molar-refractivity contribution in [3.05, 3.63) is 58.6 Å². The lowest BCUT2D eigenvalue weighted by Gasteiger charge is -2.32. The number of benzene rings is 1. The van der Waals surface area contributed by atoms with E-state index in [1.807, 2.05) is 42.3 Å². The zero-order chi connectivity index (χ0) is 16.9. The Balaban J connectivity index is 1.57. The van der Waals surface area contributed by atoms with E-state index < -0.39 is 0 Å². The first-order chi connectivity index (χ1) is 11.6. The van der Waals surface area contributed by atoms with E-state index in [-0.39, 0.29) is 5.91 Å². The van der Waals surface area contributed by atoms with Crippen molar-refractivity contribution in [3.8, 4) is 0 Å². The molecular formula is C19H22ClN3O. The van der Waals surface area contributed by atoms with Gasteiger partial charge in [-0.15, -0.1) is 0 Å². The van der Waals surface area contributed by atoms with Crippen LogP contribution in [-0.4, -0.2) is 33.9 Å². The number of carbonyl (C=O) groups excluding carboxylic acids is 1. The molecule has 126 valence electrons. The van der Waals surface area contributed by atoms with Gasteiger partial charge in [-0.05, 0) is 43.9 Å². The van der Waals surface area contributed by atoms with Crippen molar-refractivity contribution < 1.29 is 4.79 Å². The van der Waals surface area contributed by atoms with Crippen LogP contribution in [0, 0.1) is 6.92 Å². The standard InChI is InChI=1S/C19H22ClN3O/c1-14-11-21-12-18(22-14)16-3-2-10-23(13-16)19(24)9-6-15-4-7-17(20)8-5-15/h4-5,7-8,11-12,16H,2-3,6,9-10,13H2,1H3. The van der Waals surface area contributed by atoms with Crippen molar-refractivity contribution in [2.24, 2.45) is 0 Å². The van der Waals surface area contributed by atoms with E-state index in [0.717, 1.165) is 54.3 Å². The largest absolute Gasteiger partial charge is 0.342 e. The van der Waals surface area contributed by atoms with Crippen LogP contribution >= 0.6 is 11.6 Å². The summed E-state index contributed by atoms with van der Waals surface area (Å²) in [5, 5.41) is 0.725. The lowest BCUT2D eigenvalue weighted by Crippen LogP contribution is -2.39. The number of hydrogen-bond donors (Lipinski definition) is 0. The highest BCUT2D eigenvalue weighted by Crippen LogP contribution is 2.26. The number of nitrogens with zero attached hydrogens (tertiary/aromatic N) is 3. The topological polar surface area (TPSA) is 46.1 Å². The molecule has 0 aliphatic carbocycles. The quantitative estimate of drug-likeness (QED) is 0.848. The average Bonchev–Trinajstić information content (AvgIpc) is 2.61. The van der Waals surface area contributed by atoms with Crippen LogP contribution < -0.4 is 0 Å². The maximum atomic E-state index is 12.5. The second-order valence-electron chi connectivity index (χ2n) is 6.39. The van der Waals surface area contributed by atoms with Gasteiger partial charge in [0.25, 0.3) is 0 Å². The van der Waals surface area contributed by atoms with Crippen LogP contribution in [0.4, 0.5) is 0 Å². The number of hydrogen-bond acceptors (Lipinski definition) is 3. The number of amides is 1. The van der Waals surface area contributed by atoms with E-state index in [2.05, 4.69) is 9.97 Å². The fraction of sp³-hybridized carbons (Fsp3) is 0.421. The summed E-state index contributed by atoms with van der Waals surface area (Å²) in [5.74, 6) is 0.515. The first-order valence-electron chi connectivity index (χ1n) is 8.42. The van der Waals surface area contributed by atoms with Crippen LogP contribution in [0.2, 0.25) is 5.02 Å². The highest BCUT2D eigenvalue weighted by Gasteiger charge is 2.25. The summed E-state index contributed by atoms with van der Waals surface area (Å²) in [7, 11) is 0. The lowest BCUT2D eigenvalue weighted by molar-refractivity contribution is -0.132. The molecule has 0 N–H and O–H groups in total. The minimum Gasteiger partial charge on any atom is -0.342 e. The van der Waals surface area contributed by atoms with Gasteiger partial charge in [-0.2, -0.15) is 0 Å². The van der Waals surface area contributed by atoms with E-state index in [1.165, 1.54) is 0 Å². The molecule has 1 fully saturated rings. The van der Waals surface area contributed by atoms with E-state index in [9.17, 15) is 4.79 Å². The van der Waals surface area contributed by atoms with Crippen molar-refractivity contribution in [2.75, 3.05) is 13.1 Å². The van der Waals surface area contributed by atoms with E-state index in [0.29, 0.717) is 12.3 Å². The molecule has 1 saturated heterocycles. The van der Waals surface area contributed by atoms with Gasteiger partial charge >= 0.3 is 0 Å². The van der Waals surface area contributed by atoms with Crippen LogP contribution in [0.3, 0.4) is 0 Å². The minimum atomic E-state index is 0.218. The van der Waals surface area contributed by atoms with Gasteiger partial charge in [-0.1, -0.05) is 23.7 Å². The fourth-order valence-corrected chi connectivity index (χ4v) is 3.31. The molecule has 1 aromatic carbocycles. The second-order valence-corrected chi connectivity index (χ2v) is 6.83. The molecular weight excluding hydrogens is 322 g/mol. The summed E-state index contributed by atoms with van der Waals surface area (Å²) in [5.41, 5.74) is 3.08. The molecule has 2 aromatic rings. The third kappa shape index (κ3) is 4.32. The summed E-state index contributed by atoms with van der Waals surface area (Å²) in [6, 6.07) is 7.71. The molecule has 2 heterocycles. The Kier molecular flexibility index (Phi) is 5.46. The number of aryl methyl sites for hydroxylation is 2. The molecule has 24 heavy (non-hydrogen) atoms. The molecule has 1 unspecified atom stereocenters. The predicted molar refractivity (Wildman–Crippen MR) is 95.1 cm³/mol. The second kappa shape index (κ2) is 7.75. The maximum Gasteiger partial charge on any atom is 0.222 e. The third-order valence-corrected chi connectivity index (χ3v) is 4.76. The molecule has 0 radical (unpaired) electrons. The van der Waals surface area contributed by atoms with Crippen LogP contribution in [-0.2, 0) is 11.2 Å². The summed E-state index contributed by atoms with van der Waals surface area (Å²) in [6.45, 7) is 3.54. The van der Waals surface area contributed by atoms with Gasteiger partial charge in [-0.3, -0.25) is 14.8 Å². The SMILES string of the molecule is Cc1cncc(C2CCCN(C(=O)CCc3ccc(Cl)cc3)C2)n1. The Morgan fingerprint density at radius 3 is 2.83 bits per heavy atom. The molecule has 0 bridgehead atoms. The number of halogens is 1. The number of aromatic nitrogens is 2. The number of carbonyl (C=O) groups is 1. The Bertz CT molecular complexity index is 702. The Hall–Kier alpha value is -1.94. The number of rotatable bonds is 4. The molecule has 0 spiro atoms. The van der Waals surface area contributed by atoms with Crippen LogP contribution in [0.25, 0.3) is 0 Å². The van der Waals surface area contributed by atoms with Gasteiger partial charge in [0.15, 0.2) is 0 Å². The smallest absolute Gasteiger partial charge is 0.222 e. The van der Waals surface area contributed by atoms with E-state index >= 15 is 0 Å². The molecule has 1 aromatic heterocycles. The third-order valence-electron chi connectivity index (χ3n) is 4.51. The number of piperidine rings is 1. The van der Waals surface area contributed by atoms with Crippen LogP contribution in [0.1, 0.15) is 42.1 Å². The predicted octanol–water partition coefficient (Wildman–Crippen LogP) is 3.78. The van der Waals surface area contributed by atoms with Gasteiger partial charge in [0.1, 0.15) is 0 Å². The van der Waals surface area contributed by atoms with Crippen molar-refractivity contribution in [1.29, 1.82) is 0 Å². The van der Waals surface area contributed by atoms with Gasteiger partial charge in [0.05, 0.1) is 11.4 Å². The van der Waals surface area contributed by atoms with Crippen molar-refractivity contribution in [1.82, 2.24) is 14.9 Å². The first-order valence-corrected chi connectivity index (χ1v) is 8.80. The summed E-state index contributed by atoms with van der Waals surface area (Å²) in [6.07, 6.45) is 6.97. The summed E-state index contributed by atoms with van der Waals surface area (Å²) < 4.78 is 0. The highest BCUT2D eigenvalue weighted by molar-refractivity contribution is 6.30. The van der Waals surface area contributed by atoms with Crippen molar-refractivity contribution in [3.63, 3.8) is 0 Å². The molecule has 1 atom stereocenters. The van der Waals surface area contributed by atoms with Crippen molar-refractivity contribution in [2.45, 2.75) is 38.5 Å². The van der Waals surface area contributed by atoms with Crippen LogP contribution in [0.5, 0.6) is 0 Å². The summed E-state index contributed by atoms with van der Waals surface area (Å²) >= 11 is 5.90. The molecule has 1 aliphatic rings. The molecule has 3 rings (SSSR count). The van der Waals surface area contributed by atoms with Crippen molar-refractivity contribution >= 4 is 17.5 Å². The first kappa shape index (κ1) is 16.9. The number of likely N-dealkylation sites (tertiary alicyclic amines) is 1. The zero-order valence-electron chi connectivity index (χ0n) is 13.9. The summed E-state index contributed by atoms with van der Waals surface area (Å²) in [4.78, 5) is 23.3. The Labute approximate surface area is 147 Å². The lowest BCUT2D eigenvalue weighted by atomic mass is 9.94. The van der Waals surface area contributed by atoms with Gasteiger partial charge < -0.3 is 4.90 Å². The highest BCUT2D eigenvalue weighted by atomic mass is 35.5.